The fourth-order valence-corrected chi connectivity index (χ4v) is 5.50. The summed E-state index contributed by atoms with van der Waals surface area (Å²) in [4.78, 5) is 42.3. The van der Waals surface area contributed by atoms with E-state index in [1.807, 2.05) is 21.1 Å². The minimum Gasteiger partial charge on any atom is -0.453 e. The topological polar surface area (TPSA) is 119 Å². The third-order valence-corrected chi connectivity index (χ3v) is 7.56. The first-order valence-electron chi connectivity index (χ1n) is 16.1. The number of carbonyl (C=O) groups excluding carboxylic acids is 2. The smallest absolute Gasteiger partial charge is 0.453 e. The minimum absolute atomic E-state index is 0.252. The van der Waals surface area contributed by atoms with Gasteiger partial charge in [0.25, 0.3) is 0 Å². The number of Topliss-reactive ketones (excluding diaryl/α,β-unsaturated/α-hetero) is 1. The Hall–Kier alpha value is -0.830. The van der Waals surface area contributed by atoms with E-state index in [2.05, 4.69) is 6.92 Å². The minimum atomic E-state index is -4.81. The highest BCUT2D eigenvalue weighted by Gasteiger charge is 2.35. The SMILES string of the molecule is CCCCCCCCCCCCCCCCCCOCCCC(OP(=O)(O)O)C(C[N+](C)(C)C)OC(=O)CC(C)=O. The summed E-state index contributed by atoms with van der Waals surface area (Å²) < 4.78 is 28.2. The monoisotopic (exact) mass is 608 g/mol. The van der Waals surface area contributed by atoms with Crippen LogP contribution in [0.5, 0.6) is 0 Å². The fourth-order valence-electron chi connectivity index (χ4n) is 4.91. The molecule has 2 atom stereocenters. The molecule has 0 radical (unpaired) electrons. The van der Waals surface area contributed by atoms with Gasteiger partial charge in [0.1, 0.15) is 24.9 Å². The number of unbranched alkanes of at least 4 members (excludes halogenated alkanes) is 15. The van der Waals surface area contributed by atoms with Crippen molar-refractivity contribution in [2.24, 2.45) is 0 Å². The zero-order valence-electron chi connectivity index (χ0n) is 26.9. The molecule has 0 heterocycles. The van der Waals surface area contributed by atoms with Gasteiger partial charge in [0.15, 0.2) is 6.10 Å². The van der Waals surface area contributed by atoms with E-state index in [0.717, 1.165) is 12.8 Å². The van der Waals surface area contributed by atoms with Crippen molar-refractivity contribution in [3.8, 4) is 0 Å². The lowest BCUT2D eigenvalue weighted by molar-refractivity contribution is -0.873. The van der Waals surface area contributed by atoms with E-state index in [1.165, 1.54) is 96.8 Å². The molecule has 2 unspecified atom stereocenters. The second-order valence-electron chi connectivity index (χ2n) is 12.6. The normalized spacial score (nSPS) is 13.7. The molecule has 0 rings (SSSR count). The quantitative estimate of drug-likeness (QED) is 0.0303. The summed E-state index contributed by atoms with van der Waals surface area (Å²) in [5.41, 5.74) is 0. The predicted molar refractivity (Wildman–Crippen MR) is 165 cm³/mol. The molecule has 10 heteroatoms. The van der Waals surface area contributed by atoms with Gasteiger partial charge >= 0.3 is 13.8 Å². The number of hydrogen-bond donors (Lipinski definition) is 2. The Morgan fingerprint density at radius 2 is 1.15 bits per heavy atom. The molecule has 0 aliphatic heterocycles. The van der Waals surface area contributed by atoms with Crippen molar-refractivity contribution in [1.29, 1.82) is 0 Å². The van der Waals surface area contributed by atoms with Crippen molar-refractivity contribution >= 4 is 19.6 Å². The van der Waals surface area contributed by atoms with E-state index >= 15 is 0 Å². The van der Waals surface area contributed by atoms with E-state index in [-0.39, 0.29) is 18.7 Å². The maximum atomic E-state index is 12.2. The van der Waals surface area contributed by atoms with Crippen LogP contribution in [0.3, 0.4) is 0 Å². The Labute approximate surface area is 250 Å². The van der Waals surface area contributed by atoms with Gasteiger partial charge < -0.3 is 23.7 Å². The second-order valence-corrected chi connectivity index (χ2v) is 13.8. The zero-order chi connectivity index (χ0) is 31.0. The molecule has 0 aliphatic rings. The highest BCUT2D eigenvalue weighted by atomic mass is 31.2. The van der Waals surface area contributed by atoms with Crippen molar-refractivity contribution in [2.75, 3.05) is 40.9 Å². The highest BCUT2D eigenvalue weighted by Crippen LogP contribution is 2.40. The summed E-state index contributed by atoms with van der Waals surface area (Å²) in [6.07, 6.45) is 19.6. The number of carbonyl (C=O) groups is 2. The molecular formula is C31H63NO8P+. The van der Waals surface area contributed by atoms with E-state index in [1.54, 1.807) is 0 Å². The summed E-state index contributed by atoms with van der Waals surface area (Å²) in [5, 5.41) is 0. The van der Waals surface area contributed by atoms with Crippen molar-refractivity contribution < 1.29 is 42.4 Å². The second kappa shape index (κ2) is 24.6. The lowest BCUT2D eigenvalue weighted by atomic mass is 10.0. The van der Waals surface area contributed by atoms with Crippen LogP contribution in [0.2, 0.25) is 0 Å². The van der Waals surface area contributed by atoms with Gasteiger partial charge in [-0.25, -0.2) is 4.57 Å². The first-order chi connectivity index (χ1) is 19.3. The van der Waals surface area contributed by atoms with Gasteiger partial charge in [-0.3, -0.25) is 14.1 Å². The van der Waals surface area contributed by atoms with Crippen LogP contribution in [-0.4, -0.2) is 79.1 Å². The molecule has 0 spiro atoms. The van der Waals surface area contributed by atoms with Gasteiger partial charge in [-0.05, 0) is 26.2 Å². The average molecular weight is 609 g/mol. The predicted octanol–water partition coefficient (Wildman–Crippen LogP) is 7.12. The van der Waals surface area contributed by atoms with Crippen LogP contribution in [0.25, 0.3) is 0 Å². The Morgan fingerprint density at radius 3 is 1.56 bits per heavy atom. The van der Waals surface area contributed by atoms with Gasteiger partial charge in [0.05, 0.1) is 21.1 Å². The number of phosphoric acid groups is 1. The third-order valence-electron chi connectivity index (χ3n) is 7.01. The molecule has 0 saturated heterocycles. The molecule has 0 fully saturated rings. The summed E-state index contributed by atoms with van der Waals surface area (Å²) in [6.45, 7) is 4.91. The van der Waals surface area contributed by atoms with Gasteiger partial charge in [-0.15, -0.1) is 0 Å². The molecule has 0 aromatic heterocycles. The molecule has 0 saturated carbocycles. The maximum Gasteiger partial charge on any atom is 0.469 e. The molecular weight excluding hydrogens is 545 g/mol. The summed E-state index contributed by atoms with van der Waals surface area (Å²) in [6, 6.07) is 0. The molecule has 0 aliphatic carbocycles. The van der Waals surface area contributed by atoms with E-state index in [4.69, 9.17) is 14.0 Å². The molecule has 2 N–H and O–H groups in total. The van der Waals surface area contributed by atoms with E-state index < -0.39 is 32.4 Å². The summed E-state index contributed by atoms with van der Waals surface area (Å²) >= 11 is 0. The Kier molecular flexibility index (Phi) is 24.1. The molecule has 0 aromatic carbocycles. The molecule has 0 aromatic rings. The lowest BCUT2D eigenvalue weighted by Gasteiger charge is -2.33. The Morgan fingerprint density at radius 1 is 0.707 bits per heavy atom. The fraction of sp³-hybridized carbons (Fsp3) is 0.935. The van der Waals surface area contributed by atoms with E-state index in [0.29, 0.717) is 24.1 Å². The molecule has 0 amide bonds. The van der Waals surface area contributed by atoms with Crippen LogP contribution in [-0.2, 0) is 28.2 Å². The standard InChI is InChI=1S/C31H62NO8P/c1-6-7-8-9-10-11-12-13-14-15-16-17-18-19-20-21-24-38-25-22-23-29(40-41(35,36)37)30(27-32(3,4)5)39-31(34)26-28(2)33/h29-30H,6-27H2,1-5H3,(H-,35,36,37)/p+1. The van der Waals surface area contributed by atoms with Crippen LogP contribution in [0.15, 0.2) is 0 Å². The molecule has 41 heavy (non-hydrogen) atoms. The first kappa shape index (κ1) is 40.2. The molecule has 244 valence electrons. The van der Waals surface area contributed by atoms with Crippen LogP contribution < -0.4 is 0 Å². The van der Waals surface area contributed by atoms with Crippen molar-refractivity contribution in [1.82, 2.24) is 0 Å². The number of quaternary nitrogens is 1. The lowest BCUT2D eigenvalue weighted by Crippen LogP contribution is -2.48. The van der Waals surface area contributed by atoms with Gasteiger partial charge in [0.2, 0.25) is 0 Å². The van der Waals surface area contributed by atoms with Gasteiger partial charge in [-0.2, -0.15) is 0 Å². The van der Waals surface area contributed by atoms with Crippen LogP contribution in [0.1, 0.15) is 136 Å². The van der Waals surface area contributed by atoms with Crippen LogP contribution in [0, 0.1) is 0 Å². The summed E-state index contributed by atoms with van der Waals surface area (Å²) in [7, 11) is 0.815. The van der Waals surface area contributed by atoms with Crippen molar-refractivity contribution in [3.63, 3.8) is 0 Å². The number of nitrogens with zero attached hydrogens (tertiary/aromatic N) is 1. The first-order valence-corrected chi connectivity index (χ1v) is 17.7. The number of hydrogen-bond acceptors (Lipinski definition) is 6. The third kappa shape index (κ3) is 29.0. The molecule has 9 nitrogen and oxygen atoms in total. The number of ether oxygens (including phenoxy) is 2. The van der Waals surface area contributed by atoms with Crippen molar-refractivity contribution in [2.45, 2.75) is 148 Å². The number of esters is 1. The number of rotatable bonds is 29. The number of phosphoric ester groups is 1. The highest BCUT2D eigenvalue weighted by molar-refractivity contribution is 7.46. The van der Waals surface area contributed by atoms with Crippen LogP contribution >= 0.6 is 7.82 Å². The van der Waals surface area contributed by atoms with Gasteiger partial charge in [-0.1, -0.05) is 103 Å². The maximum absolute atomic E-state index is 12.2. The van der Waals surface area contributed by atoms with E-state index in [9.17, 15) is 23.9 Å². The average Bonchev–Trinajstić information content (AvgIpc) is 2.84. The Balaban J connectivity index is 4.08. The van der Waals surface area contributed by atoms with Crippen molar-refractivity contribution in [3.05, 3.63) is 0 Å². The van der Waals surface area contributed by atoms with Gasteiger partial charge in [0, 0.05) is 13.2 Å². The van der Waals surface area contributed by atoms with Crippen LogP contribution in [0.4, 0.5) is 0 Å². The Bertz CT molecular complexity index is 707. The zero-order valence-corrected chi connectivity index (χ0v) is 27.8. The number of likely N-dealkylation sites (N-methyl/N-ethyl adjacent to an activating group) is 1. The summed E-state index contributed by atoms with van der Waals surface area (Å²) in [5.74, 6) is -1.07. The number of ketones is 1. The molecule has 0 bridgehead atoms. The largest absolute Gasteiger partial charge is 0.469 e.